The number of primary amides is 1. The van der Waals surface area contributed by atoms with Gasteiger partial charge in [-0.05, 0) is 19.9 Å². The molecule has 6 heteroatoms. The van der Waals surface area contributed by atoms with Crippen LogP contribution >= 0.6 is 12.2 Å². The summed E-state index contributed by atoms with van der Waals surface area (Å²) in [5.41, 5.74) is 13.9. The molecule has 1 aromatic rings. The zero-order valence-electron chi connectivity index (χ0n) is 10.2. The van der Waals surface area contributed by atoms with Crippen LogP contribution in [0.5, 0.6) is 0 Å². The Labute approximate surface area is 106 Å². The van der Waals surface area contributed by atoms with E-state index in [2.05, 4.69) is 4.98 Å². The predicted molar refractivity (Wildman–Crippen MR) is 72.1 cm³/mol. The lowest BCUT2D eigenvalue weighted by Gasteiger charge is -2.22. The summed E-state index contributed by atoms with van der Waals surface area (Å²) in [6, 6.07) is 1.84. The highest BCUT2D eigenvalue weighted by Gasteiger charge is 2.15. The van der Waals surface area contributed by atoms with Gasteiger partial charge in [-0.2, -0.15) is 0 Å². The van der Waals surface area contributed by atoms with Gasteiger partial charge in [-0.15, -0.1) is 0 Å². The highest BCUT2D eigenvalue weighted by atomic mass is 32.1. The molecule has 0 saturated carbocycles. The zero-order valence-corrected chi connectivity index (χ0v) is 11.0. The fourth-order valence-electron chi connectivity index (χ4n) is 1.73. The molecule has 1 rings (SSSR count). The summed E-state index contributed by atoms with van der Waals surface area (Å²) >= 11 is 5.01. The van der Waals surface area contributed by atoms with E-state index < -0.39 is 5.91 Å². The van der Waals surface area contributed by atoms with Crippen molar-refractivity contribution in [2.45, 2.75) is 13.8 Å². The lowest BCUT2D eigenvalue weighted by Crippen LogP contribution is -2.32. The van der Waals surface area contributed by atoms with Crippen LogP contribution in [0.15, 0.2) is 6.07 Å². The first-order chi connectivity index (χ1) is 7.82. The number of carbonyl (C=O) groups excluding carboxylic acids is 1. The lowest BCUT2D eigenvalue weighted by molar-refractivity contribution is -0.116. The molecule has 1 aromatic heterocycles. The minimum atomic E-state index is -0.409. The molecule has 92 valence electrons. The highest BCUT2D eigenvalue weighted by molar-refractivity contribution is 7.80. The molecular formula is C11H16N4OS. The predicted octanol–water partition coefficient (Wildman–Crippen LogP) is 0.254. The summed E-state index contributed by atoms with van der Waals surface area (Å²) in [5.74, 6) is -0.409. The van der Waals surface area contributed by atoms with Gasteiger partial charge in [0.1, 0.15) is 4.99 Å². The van der Waals surface area contributed by atoms with Crippen molar-refractivity contribution in [2.24, 2.45) is 11.5 Å². The molecule has 5 nitrogen and oxygen atoms in total. The number of aromatic nitrogens is 1. The molecule has 0 radical (unpaired) electrons. The summed E-state index contributed by atoms with van der Waals surface area (Å²) in [5, 5.41) is 0. The number of aryl methyl sites for hydroxylation is 2. The SMILES string of the molecule is Cc1cc(N(C)CC(N)=O)c(C(N)=S)c(C)n1. The lowest BCUT2D eigenvalue weighted by atomic mass is 10.1. The maximum atomic E-state index is 10.9. The Hall–Kier alpha value is -1.69. The second kappa shape index (κ2) is 5.09. The van der Waals surface area contributed by atoms with Crippen LogP contribution in [0.3, 0.4) is 0 Å². The number of amides is 1. The summed E-state index contributed by atoms with van der Waals surface area (Å²) in [7, 11) is 1.76. The van der Waals surface area contributed by atoms with E-state index >= 15 is 0 Å². The van der Waals surface area contributed by atoms with Gasteiger partial charge in [0, 0.05) is 18.4 Å². The molecule has 1 heterocycles. The van der Waals surface area contributed by atoms with Gasteiger partial charge in [0.15, 0.2) is 0 Å². The molecule has 0 aliphatic rings. The van der Waals surface area contributed by atoms with Crippen molar-refractivity contribution in [3.8, 4) is 0 Å². The normalized spacial score (nSPS) is 10.1. The van der Waals surface area contributed by atoms with E-state index in [0.29, 0.717) is 5.56 Å². The van der Waals surface area contributed by atoms with Gasteiger partial charge in [-0.1, -0.05) is 12.2 Å². The van der Waals surface area contributed by atoms with Crippen LogP contribution in [0, 0.1) is 13.8 Å². The molecule has 17 heavy (non-hydrogen) atoms. The van der Waals surface area contributed by atoms with Gasteiger partial charge >= 0.3 is 0 Å². The molecule has 0 spiro atoms. The van der Waals surface area contributed by atoms with Crippen molar-refractivity contribution in [1.82, 2.24) is 4.98 Å². The average Bonchev–Trinajstić information content (AvgIpc) is 2.14. The molecule has 4 N–H and O–H groups in total. The first-order valence-electron chi connectivity index (χ1n) is 5.10. The van der Waals surface area contributed by atoms with Crippen LogP contribution in [0.4, 0.5) is 5.69 Å². The summed E-state index contributed by atoms with van der Waals surface area (Å²) < 4.78 is 0. The average molecular weight is 252 g/mol. The van der Waals surface area contributed by atoms with E-state index in [0.717, 1.165) is 17.1 Å². The summed E-state index contributed by atoms with van der Waals surface area (Å²) in [6.07, 6.45) is 0. The third kappa shape index (κ3) is 3.13. The topological polar surface area (TPSA) is 85.2 Å². The van der Waals surface area contributed by atoms with E-state index in [9.17, 15) is 4.79 Å². The van der Waals surface area contributed by atoms with Crippen molar-refractivity contribution >= 4 is 28.8 Å². The van der Waals surface area contributed by atoms with Crippen molar-refractivity contribution in [2.75, 3.05) is 18.5 Å². The fourth-order valence-corrected chi connectivity index (χ4v) is 1.98. The van der Waals surface area contributed by atoms with E-state index in [1.54, 1.807) is 11.9 Å². The van der Waals surface area contributed by atoms with E-state index in [1.807, 2.05) is 19.9 Å². The van der Waals surface area contributed by atoms with Gasteiger partial charge in [0.25, 0.3) is 0 Å². The molecule has 0 fully saturated rings. The van der Waals surface area contributed by atoms with Crippen molar-refractivity contribution in [1.29, 1.82) is 0 Å². The number of thiocarbonyl (C=S) groups is 1. The van der Waals surface area contributed by atoms with Gasteiger partial charge < -0.3 is 16.4 Å². The van der Waals surface area contributed by atoms with Crippen LogP contribution in [0.25, 0.3) is 0 Å². The Bertz CT molecular complexity index is 473. The Morgan fingerprint density at radius 1 is 1.47 bits per heavy atom. The van der Waals surface area contributed by atoms with E-state index in [1.165, 1.54) is 0 Å². The Balaban J connectivity index is 3.29. The monoisotopic (exact) mass is 252 g/mol. The maximum Gasteiger partial charge on any atom is 0.236 e. The van der Waals surface area contributed by atoms with Crippen molar-refractivity contribution in [3.63, 3.8) is 0 Å². The van der Waals surface area contributed by atoms with Crippen LogP contribution in [-0.2, 0) is 4.79 Å². The van der Waals surface area contributed by atoms with Crippen LogP contribution in [0.2, 0.25) is 0 Å². The molecule has 0 aliphatic heterocycles. The van der Waals surface area contributed by atoms with E-state index in [4.69, 9.17) is 23.7 Å². The summed E-state index contributed by atoms with van der Waals surface area (Å²) in [6.45, 7) is 3.82. The first kappa shape index (κ1) is 13.4. The number of hydrogen-bond donors (Lipinski definition) is 2. The number of hydrogen-bond acceptors (Lipinski definition) is 4. The number of carbonyl (C=O) groups is 1. The van der Waals surface area contributed by atoms with Gasteiger partial charge in [0.05, 0.1) is 17.8 Å². The van der Waals surface area contributed by atoms with Crippen LogP contribution in [-0.4, -0.2) is 29.5 Å². The summed E-state index contributed by atoms with van der Waals surface area (Å²) in [4.78, 5) is 17.2. The minimum absolute atomic E-state index is 0.110. The molecule has 1 amide bonds. The fraction of sp³-hybridized carbons (Fsp3) is 0.364. The van der Waals surface area contributed by atoms with Gasteiger partial charge in [-0.25, -0.2) is 0 Å². The molecule has 0 saturated heterocycles. The van der Waals surface area contributed by atoms with Crippen molar-refractivity contribution in [3.05, 3.63) is 23.0 Å². The zero-order chi connectivity index (χ0) is 13.2. The highest BCUT2D eigenvalue weighted by Crippen LogP contribution is 2.22. The second-order valence-electron chi connectivity index (χ2n) is 3.93. The number of rotatable bonds is 4. The number of nitrogens with zero attached hydrogens (tertiary/aromatic N) is 2. The Morgan fingerprint density at radius 3 is 2.53 bits per heavy atom. The van der Waals surface area contributed by atoms with Gasteiger partial charge in [0.2, 0.25) is 5.91 Å². The largest absolute Gasteiger partial charge is 0.389 e. The minimum Gasteiger partial charge on any atom is -0.389 e. The van der Waals surface area contributed by atoms with Gasteiger partial charge in [-0.3, -0.25) is 9.78 Å². The molecule has 0 bridgehead atoms. The number of likely N-dealkylation sites (N-methyl/N-ethyl adjacent to an activating group) is 1. The number of pyridine rings is 1. The smallest absolute Gasteiger partial charge is 0.236 e. The standard InChI is InChI=1S/C11H16N4OS/c1-6-4-8(15(3)5-9(12)16)10(11(13)17)7(2)14-6/h4H,5H2,1-3H3,(H2,12,16)(H2,13,17). The Morgan fingerprint density at radius 2 is 2.06 bits per heavy atom. The van der Waals surface area contributed by atoms with Crippen LogP contribution < -0.4 is 16.4 Å². The molecule has 0 aromatic carbocycles. The maximum absolute atomic E-state index is 10.9. The molecule has 0 unspecified atom stereocenters. The quantitative estimate of drug-likeness (QED) is 0.751. The second-order valence-corrected chi connectivity index (χ2v) is 4.37. The van der Waals surface area contributed by atoms with Crippen LogP contribution in [0.1, 0.15) is 17.0 Å². The first-order valence-corrected chi connectivity index (χ1v) is 5.51. The Kier molecular flexibility index (Phi) is 4.01. The molecule has 0 aliphatic carbocycles. The van der Waals surface area contributed by atoms with Crippen molar-refractivity contribution < 1.29 is 4.79 Å². The third-order valence-electron chi connectivity index (χ3n) is 2.36. The number of nitrogens with two attached hydrogens (primary N) is 2. The third-order valence-corrected chi connectivity index (χ3v) is 2.56. The van der Waals surface area contributed by atoms with E-state index in [-0.39, 0.29) is 11.5 Å². The molecular weight excluding hydrogens is 236 g/mol. The number of anilines is 1. The molecule has 0 atom stereocenters.